The summed E-state index contributed by atoms with van der Waals surface area (Å²) in [5, 5.41) is 3.49. The maximum absolute atomic E-state index is 12.6. The Morgan fingerprint density at radius 1 is 1.30 bits per heavy atom. The van der Waals surface area contributed by atoms with Gasteiger partial charge in [-0.15, -0.1) is 0 Å². The molecule has 0 aliphatic carbocycles. The Bertz CT molecular complexity index is 747. The Morgan fingerprint density at radius 3 is 2.80 bits per heavy atom. The molecule has 1 amide bonds. The van der Waals surface area contributed by atoms with Gasteiger partial charge in [-0.1, -0.05) is 26.0 Å². The average molecular weight is 272 g/mol. The molecule has 20 heavy (non-hydrogen) atoms. The molecule has 0 atom stereocenters. The maximum Gasteiger partial charge on any atom is 0.278 e. The molecule has 1 aromatic heterocycles. The molecule has 104 valence electrons. The van der Waals surface area contributed by atoms with Crippen LogP contribution in [0.2, 0.25) is 0 Å². The van der Waals surface area contributed by atoms with Gasteiger partial charge in [-0.2, -0.15) is 0 Å². The number of aromatic nitrogens is 1. The maximum atomic E-state index is 12.6. The molecular formula is C15H16N2O3. The van der Waals surface area contributed by atoms with Crippen LogP contribution in [-0.4, -0.2) is 17.1 Å². The summed E-state index contributed by atoms with van der Waals surface area (Å²) in [6.45, 7) is 4.65. The van der Waals surface area contributed by atoms with Gasteiger partial charge in [0.25, 0.3) is 11.5 Å². The van der Waals surface area contributed by atoms with Gasteiger partial charge in [0.1, 0.15) is 0 Å². The Morgan fingerprint density at radius 2 is 2.05 bits per heavy atom. The van der Waals surface area contributed by atoms with Crippen LogP contribution < -0.4 is 15.6 Å². The number of nitrogens with zero attached hydrogens (tertiary/aromatic N) is 1. The van der Waals surface area contributed by atoms with Crippen LogP contribution in [0.5, 0.6) is 5.75 Å². The summed E-state index contributed by atoms with van der Waals surface area (Å²) in [4.78, 5) is 24.0. The molecule has 2 aromatic rings. The third kappa shape index (κ3) is 1.95. The number of rotatable bonds is 2. The highest BCUT2D eigenvalue weighted by atomic mass is 16.5. The minimum Gasteiger partial charge on any atom is -0.481 e. The number of hydrogen-bond donors (Lipinski definition) is 1. The van der Waals surface area contributed by atoms with Crippen molar-refractivity contribution in [1.29, 1.82) is 0 Å². The van der Waals surface area contributed by atoms with E-state index in [2.05, 4.69) is 19.2 Å². The van der Waals surface area contributed by atoms with Crippen molar-refractivity contribution in [1.82, 2.24) is 4.57 Å². The van der Waals surface area contributed by atoms with Crippen LogP contribution in [0.1, 0.15) is 13.8 Å². The zero-order chi connectivity index (χ0) is 14.3. The van der Waals surface area contributed by atoms with Crippen LogP contribution in [0.15, 0.2) is 29.1 Å². The lowest BCUT2D eigenvalue weighted by Crippen LogP contribution is -2.34. The van der Waals surface area contributed by atoms with E-state index in [4.69, 9.17) is 4.74 Å². The number of nitrogens with one attached hydrogen (secondary N) is 1. The van der Waals surface area contributed by atoms with Crippen molar-refractivity contribution in [2.75, 3.05) is 11.9 Å². The van der Waals surface area contributed by atoms with Gasteiger partial charge >= 0.3 is 0 Å². The topological polar surface area (TPSA) is 60.3 Å². The van der Waals surface area contributed by atoms with Crippen LogP contribution in [0.4, 0.5) is 5.69 Å². The number of pyridine rings is 1. The van der Waals surface area contributed by atoms with Gasteiger partial charge in [-0.3, -0.25) is 9.59 Å². The van der Waals surface area contributed by atoms with E-state index in [0.29, 0.717) is 18.2 Å². The second-order valence-corrected chi connectivity index (χ2v) is 5.37. The highest BCUT2D eigenvalue weighted by molar-refractivity contribution is 6.01. The predicted molar refractivity (Wildman–Crippen MR) is 77.2 cm³/mol. The van der Waals surface area contributed by atoms with Gasteiger partial charge in [-0.25, -0.2) is 0 Å². The molecule has 1 aromatic carbocycles. The molecule has 1 aliphatic rings. The van der Waals surface area contributed by atoms with Crippen molar-refractivity contribution in [2.45, 2.75) is 20.4 Å². The number of carbonyl (C=O) groups excluding carboxylic acids is 1. The van der Waals surface area contributed by atoms with Crippen molar-refractivity contribution in [2.24, 2.45) is 5.92 Å². The minimum atomic E-state index is -0.291. The molecule has 0 radical (unpaired) electrons. The van der Waals surface area contributed by atoms with E-state index in [1.165, 1.54) is 0 Å². The van der Waals surface area contributed by atoms with Crippen LogP contribution in [0.25, 0.3) is 10.9 Å². The smallest absolute Gasteiger partial charge is 0.278 e. The minimum absolute atomic E-state index is 0.0510. The number of benzene rings is 1. The lowest BCUT2D eigenvalue weighted by Gasteiger charge is -2.22. The largest absolute Gasteiger partial charge is 0.481 e. The van der Waals surface area contributed by atoms with Crippen molar-refractivity contribution in [3.8, 4) is 5.75 Å². The quantitative estimate of drug-likeness (QED) is 0.909. The molecule has 5 heteroatoms. The van der Waals surface area contributed by atoms with Gasteiger partial charge in [0.05, 0.1) is 5.52 Å². The second kappa shape index (κ2) is 4.67. The van der Waals surface area contributed by atoms with Crippen LogP contribution >= 0.6 is 0 Å². The summed E-state index contributed by atoms with van der Waals surface area (Å²) >= 11 is 0. The first-order chi connectivity index (χ1) is 9.58. The first kappa shape index (κ1) is 12.7. The van der Waals surface area contributed by atoms with E-state index in [1.54, 1.807) is 4.57 Å². The summed E-state index contributed by atoms with van der Waals surface area (Å²) in [7, 11) is 0. The van der Waals surface area contributed by atoms with E-state index in [-0.39, 0.29) is 23.8 Å². The Kier molecular flexibility index (Phi) is 2.97. The molecular weight excluding hydrogens is 256 g/mol. The molecule has 0 fully saturated rings. The number of amides is 1. The van der Waals surface area contributed by atoms with E-state index in [9.17, 15) is 9.59 Å². The number of carbonyl (C=O) groups is 1. The zero-order valence-corrected chi connectivity index (χ0v) is 11.5. The zero-order valence-electron chi connectivity index (χ0n) is 11.5. The standard InChI is InChI=1S/C15H16N2O3/c1-9(2)7-17-11-6-4-3-5-10(11)14-13(15(17)19)16-12(18)8-20-14/h3-6,9H,7-8H2,1-2H3,(H,16,18). The molecule has 0 saturated heterocycles. The third-order valence-electron chi connectivity index (χ3n) is 3.29. The summed E-state index contributed by atoms with van der Waals surface area (Å²) in [6, 6.07) is 7.60. The van der Waals surface area contributed by atoms with Gasteiger partial charge < -0.3 is 14.6 Å². The molecule has 0 saturated carbocycles. The lowest BCUT2D eigenvalue weighted by molar-refractivity contribution is -0.118. The second-order valence-electron chi connectivity index (χ2n) is 5.37. The monoisotopic (exact) mass is 272 g/mol. The first-order valence-corrected chi connectivity index (χ1v) is 6.66. The molecule has 2 heterocycles. The first-order valence-electron chi connectivity index (χ1n) is 6.66. The molecule has 0 unspecified atom stereocenters. The summed E-state index contributed by atoms with van der Waals surface area (Å²) < 4.78 is 7.17. The van der Waals surface area contributed by atoms with Crippen molar-refractivity contribution >= 4 is 22.5 Å². The van der Waals surface area contributed by atoms with Crippen molar-refractivity contribution in [3.05, 3.63) is 34.6 Å². The SMILES string of the molecule is CC(C)Cn1c(=O)c2c(c3ccccc31)OCC(=O)N2. The fourth-order valence-corrected chi connectivity index (χ4v) is 2.50. The van der Waals surface area contributed by atoms with Crippen molar-refractivity contribution in [3.63, 3.8) is 0 Å². The fourth-order valence-electron chi connectivity index (χ4n) is 2.50. The van der Waals surface area contributed by atoms with Crippen LogP contribution in [-0.2, 0) is 11.3 Å². The normalized spacial score (nSPS) is 14.1. The van der Waals surface area contributed by atoms with Crippen LogP contribution in [0.3, 0.4) is 0 Å². The number of para-hydroxylation sites is 1. The molecule has 3 rings (SSSR count). The third-order valence-corrected chi connectivity index (χ3v) is 3.29. The summed E-state index contributed by atoms with van der Waals surface area (Å²) in [6.07, 6.45) is 0. The predicted octanol–water partition coefficient (Wildman–Crippen LogP) is 1.99. The highest BCUT2D eigenvalue weighted by Crippen LogP contribution is 2.33. The van der Waals surface area contributed by atoms with E-state index < -0.39 is 0 Å². The fraction of sp³-hybridized carbons (Fsp3) is 0.333. The van der Waals surface area contributed by atoms with Crippen LogP contribution in [0, 0.1) is 5.92 Å². The van der Waals surface area contributed by atoms with E-state index in [1.807, 2.05) is 24.3 Å². The van der Waals surface area contributed by atoms with Gasteiger partial charge in [-0.05, 0) is 18.1 Å². The molecule has 1 aliphatic heterocycles. The molecule has 5 nitrogen and oxygen atoms in total. The van der Waals surface area contributed by atoms with E-state index in [0.717, 1.165) is 10.9 Å². The average Bonchev–Trinajstić information content (AvgIpc) is 2.43. The Labute approximate surface area is 116 Å². The van der Waals surface area contributed by atoms with Gasteiger partial charge in [0, 0.05) is 11.9 Å². The number of anilines is 1. The molecule has 1 N–H and O–H groups in total. The van der Waals surface area contributed by atoms with Gasteiger partial charge in [0.2, 0.25) is 0 Å². The highest BCUT2D eigenvalue weighted by Gasteiger charge is 2.24. The number of fused-ring (bicyclic) bond motifs is 3. The molecule has 0 spiro atoms. The molecule has 0 bridgehead atoms. The lowest BCUT2D eigenvalue weighted by atomic mass is 10.1. The number of ether oxygens (including phenoxy) is 1. The van der Waals surface area contributed by atoms with E-state index >= 15 is 0 Å². The summed E-state index contributed by atoms with van der Waals surface area (Å²) in [5.74, 6) is 0.514. The van der Waals surface area contributed by atoms with Crippen molar-refractivity contribution < 1.29 is 9.53 Å². The Balaban J connectivity index is 2.35. The Hall–Kier alpha value is -2.30. The van der Waals surface area contributed by atoms with Gasteiger partial charge in [0.15, 0.2) is 18.0 Å². The summed E-state index contributed by atoms with van der Waals surface area (Å²) in [5.41, 5.74) is 0.877. The number of hydrogen-bond acceptors (Lipinski definition) is 3.